The first-order valence-corrected chi connectivity index (χ1v) is 7.44. The van der Waals surface area contributed by atoms with Gasteiger partial charge in [0.2, 0.25) is 11.6 Å². The molecule has 0 aromatic rings. The highest BCUT2D eigenvalue weighted by Crippen LogP contribution is 2.39. The SMILES string of the molecule is C=C=C[C@@]1(F)[C@H](O)[C@@H](CI)O[C@H]1N1C=CC(=O)CC1=O. The maximum absolute atomic E-state index is 15.0. The van der Waals surface area contributed by atoms with Crippen LogP contribution in [0.15, 0.2) is 30.7 Å². The predicted octanol–water partition coefficient (Wildman–Crippen LogP) is 0.872. The van der Waals surface area contributed by atoms with Crippen LogP contribution in [-0.4, -0.2) is 50.2 Å². The van der Waals surface area contributed by atoms with Crippen molar-refractivity contribution in [3.05, 3.63) is 30.7 Å². The lowest BCUT2D eigenvalue weighted by atomic mass is 9.95. The van der Waals surface area contributed by atoms with E-state index in [0.717, 1.165) is 11.0 Å². The average Bonchev–Trinajstić information content (AvgIpc) is 2.63. The Hall–Kier alpha value is -1.02. The summed E-state index contributed by atoms with van der Waals surface area (Å²) in [6, 6.07) is 0. The maximum Gasteiger partial charge on any atom is 0.236 e. The lowest BCUT2D eigenvalue weighted by molar-refractivity contribution is -0.147. The molecule has 1 fully saturated rings. The van der Waals surface area contributed by atoms with Gasteiger partial charge in [-0.25, -0.2) is 4.39 Å². The fraction of sp³-hybridized carbons (Fsp3) is 0.462. The molecule has 0 aromatic carbocycles. The van der Waals surface area contributed by atoms with E-state index in [2.05, 4.69) is 12.3 Å². The number of alkyl halides is 2. The fourth-order valence-corrected chi connectivity index (χ4v) is 2.93. The molecule has 1 amide bonds. The van der Waals surface area contributed by atoms with Crippen LogP contribution in [0.4, 0.5) is 4.39 Å². The van der Waals surface area contributed by atoms with E-state index < -0.39 is 30.0 Å². The topological polar surface area (TPSA) is 66.8 Å². The number of hydrogen-bond acceptors (Lipinski definition) is 4. The van der Waals surface area contributed by atoms with Crippen LogP contribution in [0.25, 0.3) is 0 Å². The average molecular weight is 393 g/mol. The van der Waals surface area contributed by atoms with Crippen LogP contribution in [-0.2, 0) is 14.3 Å². The van der Waals surface area contributed by atoms with Crippen LogP contribution in [0.5, 0.6) is 0 Å². The van der Waals surface area contributed by atoms with Crippen molar-refractivity contribution in [2.24, 2.45) is 0 Å². The molecule has 4 atom stereocenters. The molecule has 108 valence electrons. The number of aliphatic hydroxyl groups is 1. The first kappa shape index (κ1) is 15.4. The van der Waals surface area contributed by atoms with Crippen molar-refractivity contribution in [2.45, 2.75) is 30.5 Å². The lowest BCUT2D eigenvalue weighted by Gasteiger charge is -2.33. The summed E-state index contributed by atoms with van der Waals surface area (Å²) in [4.78, 5) is 24.0. The van der Waals surface area contributed by atoms with Gasteiger partial charge in [0.15, 0.2) is 12.0 Å². The summed E-state index contributed by atoms with van der Waals surface area (Å²) in [7, 11) is 0. The van der Waals surface area contributed by atoms with Crippen molar-refractivity contribution in [1.82, 2.24) is 4.90 Å². The summed E-state index contributed by atoms with van der Waals surface area (Å²) in [6.45, 7) is 3.30. The fourth-order valence-electron chi connectivity index (χ4n) is 2.24. The van der Waals surface area contributed by atoms with E-state index in [1.807, 2.05) is 22.6 Å². The Kier molecular flexibility index (Phi) is 4.43. The minimum Gasteiger partial charge on any atom is -0.386 e. The highest BCUT2D eigenvalue weighted by Gasteiger charge is 2.58. The van der Waals surface area contributed by atoms with E-state index in [4.69, 9.17) is 4.74 Å². The quantitative estimate of drug-likeness (QED) is 0.335. The van der Waals surface area contributed by atoms with E-state index in [-0.39, 0.29) is 12.2 Å². The van der Waals surface area contributed by atoms with Gasteiger partial charge in [0.1, 0.15) is 6.10 Å². The van der Waals surface area contributed by atoms with Crippen molar-refractivity contribution >= 4 is 34.3 Å². The zero-order valence-corrected chi connectivity index (χ0v) is 12.6. The number of hydrogen-bond donors (Lipinski definition) is 1. The summed E-state index contributed by atoms with van der Waals surface area (Å²) < 4.78 is 20.8. The number of carbonyl (C=O) groups excluding carboxylic acids is 2. The van der Waals surface area contributed by atoms with Crippen LogP contribution >= 0.6 is 22.6 Å². The predicted molar refractivity (Wildman–Crippen MR) is 76.7 cm³/mol. The van der Waals surface area contributed by atoms with E-state index in [9.17, 15) is 14.7 Å². The lowest BCUT2D eigenvalue weighted by Crippen LogP contribution is -2.52. The van der Waals surface area contributed by atoms with Crippen LogP contribution in [0, 0.1) is 0 Å². The van der Waals surface area contributed by atoms with Crippen LogP contribution < -0.4 is 0 Å². The number of allylic oxidation sites excluding steroid dienone is 1. The molecule has 0 spiro atoms. The molecule has 0 bridgehead atoms. The molecule has 2 aliphatic heterocycles. The number of nitrogens with zero attached hydrogens (tertiary/aromatic N) is 1. The summed E-state index contributed by atoms with van der Waals surface area (Å²) in [6.07, 6.45) is -0.518. The Morgan fingerprint density at radius 3 is 2.95 bits per heavy atom. The van der Waals surface area contributed by atoms with Gasteiger partial charge < -0.3 is 9.84 Å². The molecule has 0 unspecified atom stereocenters. The van der Waals surface area contributed by atoms with Gasteiger partial charge >= 0.3 is 0 Å². The Morgan fingerprint density at radius 1 is 1.70 bits per heavy atom. The smallest absolute Gasteiger partial charge is 0.236 e. The first-order valence-electron chi connectivity index (χ1n) is 5.91. The number of rotatable bonds is 3. The van der Waals surface area contributed by atoms with Crippen LogP contribution in [0.2, 0.25) is 0 Å². The summed E-state index contributed by atoms with van der Waals surface area (Å²) in [5.41, 5.74) is -0.0111. The minimum absolute atomic E-state index is 0.338. The molecule has 0 aromatic heterocycles. The van der Waals surface area contributed by atoms with E-state index >= 15 is 4.39 Å². The molecule has 0 aliphatic carbocycles. The molecule has 7 heteroatoms. The summed E-state index contributed by atoms with van der Waals surface area (Å²) >= 11 is 1.96. The number of aliphatic hydroxyl groups excluding tert-OH is 1. The van der Waals surface area contributed by atoms with Crippen LogP contribution in [0.3, 0.4) is 0 Å². The van der Waals surface area contributed by atoms with Crippen molar-refractivity contribution in [3.8, 4) is 0 Å². The molecule has 2 rings (SSSR count). The highest BCUT2D eigenvalue weighted by atomic mass is 127. The molecule has 2 heterocycles. The maximum atomic E-state index is 15.0. The first-order chi connectivity index (χ1) is 9.43. The Labute approximate surface area is 128 Å². The van der Waals surface area contributed by atoms with Gasteiger partial charge in [-0.3, -0.25) is 14.5 Å². The monoisotopic (exact) mass is 393 g/mol. The van der Waals surface area contributed by atoms with Gasteiger partial charge in [0.25, 0.3) is 0 Å². The van der Waals surface area contributed by atoms with Gasteiger partial charge in [-0.15, -0.1) is 5.73 Å². The van der Waals surface area contributed by atoms with Gasteiger partial charge in [0, 0.05) is 16.7 Å². The molecule has 20 heavy (non-hydrogen) atoms. The molecular formula is C13H13FINO4. The Bertz CT molecular complexity index is 517. The molecule has 1 N–H and O–H groups in total. The largest absolute Gasteiger partial charge is 0.386 e. The van der Waals surface area contributed by atoms with Crippen molar-refractivity contribution in [1.29, 1.82) is 0 Å². The Balaban J connectivity index is 2.38. The van der Waals surface area contributed by atoms with E-state index in [1.165, 1.54) is 12.3 Å². The van der Waals surface area contributed by atoms with Gasteiger partial charge in [-0.1, -0.05) is 29.2 Å². The van der Waals surface area contributed by atoms with Gasteiger partial charge in [0.05, 0.1) is 12.5 Å². The second kappa shape index (κ2) is 5.77. The van der Waals surface area contributed by atoms with Gasteiger partial charge in [-0.05, 0) is 6.08 Å². The highest BCUT2D eigenvalue weighted by molar-refractivity contribution is 14.1. The second-order valence-corrected chi connectivity index (χ2v) is 5.44. The third kappa shape index (κ3) is 2.46. The number of ketones is 1. The van der Waals surface area contributed by atoms with Crippen LogP contribution in [0.1, 0.15) is 6.42 Å². The molecule has 1 saturated heterocycles. The Morgan fingerprint density at radius 2 is 2.40 bits per heavy atom. The third-order valence-corrected chi connectivity index (χ3v) is 4.12. The zero-order valence-electron chi connectivity index (χ0n) is 10.5. The second-order valence-electron chi connectivity index (χ2n) is 4.56. The molecule has 0 saturated carbocycles. The molecule has 5 nitrogen and oxygen atoms in total. The molecule has 2 aliphatic rings. The zero-order chi connectivity index (χ0) is 14.9. The number of ether oxygens (including phenoxy) is 1. The summed E-state index contributed by atoms with van der Waals surface area (Å²) in [5, 5.41) is 10.0. The molecular weight excluding hydrogens is 380 g/mol. The van der Waals surface area contributed by atoms with E-state index in [0.29, 0.717) is 4.43 Å². The minimum atomic E-state index is -2.31. The van der Waals surface area contributed by atoms with Crippen molar-refractivity contribution < 1.29 is 23.8 Å². The number of carbonyl (C=O) groups is 2. The normalized spacial score (nSPS) is 37.1. The number of amides is 1. The van der Waals surface area contributed by atoms with Crippen molar-refractivity contribution in [2.75, 3.05) is 4.43 Å². The summed E-state index contributed by atoms with van der Waals surface area (Å²) in [5.74, 6) is -0.915. The number of halogens is 2. The van der Waals surface area contributed by atoms with Crippen molar-refractivity contribution in [3.63, 3.8) is 0 Å². The standard InChI is InChI=1S/C13H13FINO4/c1-2-4-13(14)11(19)9(7-15)20-12(13)16-5-3-8(17)6-10(16)18/h3-5,9,11-12,19H,1,6-7H2/t9-,11-,12-,13-/m1/s1. The third-order valence-electron chi connectivity index (χ3n) is 3.25. The molecule has 0 radical (unpaired) electrons. The van der Waals surface area contributed by atoms with E-state index in [1.54, 1.807) is 0 Å². The van der Waals surface area contributed by atoms with Gasteiger partial charge in [-0.2, -0.15) is 0 Å².